The van der Waals surface area contributed by atoms with Crippen molar-refractivity contribution in [3.8, 4) is 6.07 Å². The highest BCUT2D eigenvalue weighted by atomic mass is 32.1. The predicted molar refractivity (Wildman–Crippen MR) is 65.6 cm³/mol. The number of hydrogen-bond donors (Lipinski definition) is 2. The lowest BCUT2D eigenvalue weighted by atomic mass is 10.3. The van der Waals surface area contributed by atoms with Gasteiger partial charge in [0.1, 0.15) is 16.8 Å². The third kappa shape index (κ3) is 2.41. The van der Waals surface area contributed by atoms with Crippen LogP contribution in [0.2, 0.25) is 0 Å². The van der Waals surface area contributed by atoms with Crippen LogP contribution < -0.4 is 11.1 Å². The van der Waals surface area contributed by atoms with Gasteiger partial charge in [-0.05, 0) is 23.6 Å². The average Bonchev–Trinajstić information content (AvgIpc) is 2.77. The highest BCUT2D eigenvalue weighted by molar-refractivity contribution is 7.14. The summed E-state index contributed by atoms with van der Waals surface area (Å²) in [6.07, 6.45) is 1.41. The molecule has 2 heterocycles. The number of carbonyl (C=O) groups is 1. The van der Waals surface area contributed by atoms with Crippen molar-refractivity contribution in [1.82, 2.24) is 4.98 Å². The molecule has 17 heavy (non-hydrogen) atoms. The van der Waals surface area contributed by atoms with Crippen molar-refractivity contribution in [3.63, 3.8) is 0 Å². The highest BCUT2D eigenvalue weighted by Crippen LogP contribution is 2.22. The highest BCUT2D eigenvalue weighted by Gasteiger charge is 2.10. The third-order valence-electron chi connectivity index (χ3n) is 2.03. The second-order valence-electron chi connectivity index (χ2n) is 3.21. The van der Waals surface area contributed by atoms with Crippen molar-refractivity contribution in [2.24, 2.45) is 0 Å². The summed E-state index contributed by atoms with van der Waals surface area (Å²) >= 11 is 1.29. The molecule has 1 amide bonds. The molecule has 3 N–H and O–H groups in total. The maximum Gasteiger partial charge on any atom is 0.274 e. The molecule has 0 bridgehead atoms. The molecule has 0 fully saturated rings. The van der Waals surface area contributed by atoms with Crippen molar-refractivity contribution in [3.05, 3.63) is 41.0 Å². The smallest absolute Gasteiger partial charge is 0.274 e. The Kier molecular flexibility index (Phi) is 3.03. The van der Waals surface area contributed by atoms with Gasteiger partial charge in [0.15, 0.2) is 0 Å². The summed E-state index contributed by atoms with van der Waals surface area (Å²) in [6.45, 7) is 0. The molecule has 0 aliphatic carbocycles. The number of pyridine rings is 1. The Bertz CT molecular complexity index is 582. The number of nitrogens with zero attached hydrogens (tertiary/aromatic N) is 2. The number of carbonyl (C=O) groups excluding carboxylic acids is 1. The normalized spacial score (nSPS) is 9.59. The molecule has 2 aromatic heterocycles. The summed E-state index contributed by atoms with van der Waals surface area (Å²) in [4.78, 5) is 15.7. The molecule has 0 aromatic carbocycles. The molecule has 0 unspecified atom stereocenters. The molecule has 0 spiro atoms. The van der Waals surface area contributed by atoms with Gasteiger partial charge in [0.05, 0.1) is 17.4 Å². The van der Waals surface area contributed by atoms with Crippen molar-refractivity contribution in [2.75, 3.05) is 11.1 Å². The van der Waals surface area contributed by atoms with E-state index in [9.17, 15) is 4.79 Å². The Hall–Kier alpha value is -2.39. The Morgan fingerprint density at radius 2 is 2.29 bits per heavy atom. The number of anilines is 2. The van der Waals surface area contributed by atoms with Crippen molar-refractivity contribution in [1.29, 1.82) is 5.26 Å². The predicted octanol–water partition coefficient (Wildman–Crippen LogP) is 1.85. The van der Waals surface area contributed by atoms with E-state index in [0.29, 0.717) is 16.3 Å². The molecule has 0 saturated heterocycles. The van der Waals surface area contributed by atoms with Gasteiger partial charge in [0.2, 0.25) is 0 Å². The van der Waals surface area contributed by atoms with Crippen LogP contribution >= 0.6 is 11.3 Å². The summed E-state index contributed by atoms with van der Waals surface area (Å²) in [6, 6.07) is 6.78. The first-order valence-electron chi connectivity index (χ1n) is 4.71. The lowest BCUT2D eigenvalue weighted by Crippen LogP contribution is -2.13. The number of aromatic nitrogens is 1. The molecule has 2 rings (SSSR count). The van der Waals surface area contributed by atoms with Crippen LogP contribution in [0.5, 0.6) is 0 Å². The molecular formula is C11H8N4OS. The molecule has 2 aromatic rings. The quantitative estimate of drug-likeness (QED) is 0.843. The SMILES string of the molecule is N#Cc1ccsc1NC(=O)c1ccc(N)cn1. The van der Waals surface area contributed by atoms with Gasteiger partial charge in [-0.2, -0.15) is 5.26 Å². The lowest BCUT2D eigenvalue weighted by molar-refractivity contribution is 0.102. The summed E-state index contributed by atoms with van der Waals surface area (Å²) < 4.78 is 0. The number of thiophene rings is 1. The Balaban J connectivity index is 2.18. The van der Waals surface area contributed by atoms with Gasteiger partial charge in [-0.25, -0.2) is 4.98 Å². The van der Waals surface area contributed by atoms with E-state index in [4.69, 9.17) is 11.0 Å². The number of nitrogen functional groups attached to an aromatic ring is 1. The largest absolute Gasteiger partial charge is 0.397 e. The molecule has 84 valence electrons. The molecular weight excluding hydrogens is 236 g/mol. The Morgan fingerprint density at radius 1 is 1.47 bits per heavy atom. The fourth-order valence-corrected chi connectivity index (χ4v) is 1.93. The van der Waals surface area contributed by atoms with Crippen LogP contribution in [0.25, 0.3) is 0 Å². The van der Waals surface area contributed by atoms with E-state index in [1.165, 1.54) is 23.6 Å². The maximum absolute atomic E-state index is 11.8. The van der Waals surface area contributed by atoms with E-state index in [1.807, 2.05) is 6.07 Å². The van der Waals surface area contributed by atoms with Gasteiger partial charge in [-0.3, -0.25) is 4.79 Å². The lowest BCUT2D eigenvalue weighted by Gasteiger charge is -2.02. The van der Waals surface area contributed by atoms with Gasteiger partial charge in [0.25, 0.3) is 5.91 Å². The maximum atomic E-state index is 11.8. The number of amides is 1. The molecule has 6 heteroatoms. The van der Waals surface area contributed by atoms with Gasteiger partial charge < -0.3 is 11.1 Å². The van der Waals surface area contributed by atoms with E-state index in [-0.39, 0.29) is 11.6 Å². The monoisotopic (exact) mass is 244 g/mol. The van der Waals surface area contributed by atoms with Crippen molar-refractivity contribution >= 4 is 27.9 Å². The van der Waals surface area contributed by atoms with Gasteiger partial charge in [0, 0.05) is 0 Å². The summed E-state index contributed by atoms with van der Waals surface area (Å²) in [5, 5.41) is 13.7. The zero-order valence-electron chi connectivity index (χ0n) is 8.68. The first-order valence-corrected chi connectivity index (χ1v) is 5.59. The molecule has 0 radical (unpaired) electrons. The first kappa shape index (κ1) is 11.1. The fourth-order valence-electron chi connectivity index (χ4n) is 1.20. The summed E-state index contributed by atoms with van der Waals surface area (Å²) in [5.74, 6) is -0.357. The van der Waals surface area contributed by atoms with Crippen LogP contribution in [-0.4, -0.2) is 10.9 Å². The van der Waals surface area contributed by atoms with E-state index in [2.05, 4.69) is 10.3 Å². The van der Waals surface area contributed by atoms with Crippen molar-refractivity contribution < 1.29 is 4.79 Å². The minimum atomic E-state index is -0.357. The Morgan fingerprint density at radius 3 is 2.94 bits per heavy atom. The van der Waals surface area contributed by atoms with Crippen LogP contribution in [0.1, 0.15) is 16.1 Å². The van der Waals surface area contributed by atoms with Crippen LogP contribution in [0.4, 0.5) is 10.7 Å². The van der Waals surface area contributed by atoms with E-state index < -0.39 is 0 Å². The minimum absolute atomic E-state index is 0.261. The van der Waals surface area contributed by atoms with Crippen LogP contribution in [0.15, 0.2) is 29.8 Å². The fraction of sp³-hybridized carbons (Fsp3) is 0. The minimum Gasteiger partial charge on any atom is -0.397 e. The van der Waals surface area contributed by atoms with E-state index in [1.54, 1.807) is 17.5 Å². The van der Waals surface area contributed by atoms with Gasteiger partial charge >= 0.3 is 0 Å². The van der Waals surface area contributed by atoms with Crippen LogP contribution in [-0.2, 0) is 0 Å². The van der Waals surface area contributed by atoms with Gasteiger partial charge in [-0.15, -0.1) is 11.3 Å². The summed E-state index contributed by atoms with van der Waals surface area (Å²) in [7, 11) is 0. The number of hydrogen-bond acceptors (Lipinski definition) is 5. The molecule has 0 saturated carbocycles. The van der Waals surface area contributed by atoms with E-state index in [0.717, 1.165) is 0 Å². The summed E-state index contributed by atoms with van der Waals surface area (Å²) in [5.41, 5.74) is 6.67. The van der Waals surface area contributed by atoms with Gasteiger partial charge in [-0.1, -0.05) is 0 Å². The second-order valence-corrected chi connectivity index (χ2v) is 4.12. The molecule has 0 aliphatic heterocycles. The number of nitrogens with two attached hydrogens (primary N) is 1. The van der Waals surface area contributed by atoms with Crippen LogP contribution in [0.3, 0.4) is 0 Å². The average molecular weight is 244 g/mol. The second kappa shape index (κ2) is 4.63. The Labute approximate surface area is 102 Å². The third-order valence-corrected chi connectivity index (χ3v) is 2.86. The molecule has 0 aliphatic rings. The number of rotatable bonds is 2. The zero-order chi connectivity index (χ0) is 12.3. The van der Waals surface area contributed by atoms with Crippen molar-refractivity contribution in [2.45, 2.75) is 0 Å². The van der Waals surface area contributed by atoms with E-state index >= 15 is 0 Å². The first-order chi connectivity index (χ1) is 8.20. The van der Waals surface area contributed by atoms with Crippen LogP contribution in [0, 0.1) is 11.3 Å². The molecule has 0 atom stereocenters. The topological polar surface area (TPSA) is 91.8 Å². The number of nitriles is 1. The number of nitrogens with one attached hydrogen (secondary N) is 1. The zero-order valence-corrected chi connectivity index (χ0v) is 9.49. The molecule has 5 nitrogen and oxygen atoms in total. The standard InChI is InChI=1S/C11H8N4OS/c12-5-7-3-4-17-11(7)15-10(16)9-2-1-8(13)6-14-9/h1-4,6H,13H2,(H,15,16).